The van der Waals surface area contributed by atoms with Crippen molar-refractivity contribution in [3.05, 3.63) is 72.2 Å². The van der Waals surface area contributed by atoms with Gasteiger partial charge >= 0.3 is 5.97 Å². The number of nitrogens with one attached hydrogen (secondary N) is 1. The number of rotatable bonds is 7. The summed E-state index contributed by atoms with van der Waals surface area (Å²) in [6, 6.07) is 15.8. The number of esters is 1. The molecule has 0 radical (unpaired) electrons. The van der Waals surface area contributed by atoms with Gasteiger partial charge in [-0.2, -0.15) is 0 Å². The monoisotopic (exact) mass is 383 g/mol. The van der Waals surface area contributed by atoms with Gasteiger partial charge in [-0.3, -0.25) is 4.79 Å². The van der Waals surface area contributed by atoms with Crippen LogP contribution in [0.4, 0.5) is 10.1 Å². The van der Waals surface area contributed by atoms with Gasteiger partial charge in [-0.1, -0.05) is 24.3 Å². The summed E-state index contributed by atoms with van der Waals surface area (Å²) in [4.78, 5) is 24.1. The number of halogens is 1. The smallest absolute Gasteiger partial charge is 0.374 e. The Labute approximate surface area is 160 Å². The molecule has 3 rings (SSSR count). The van der Waals surface area contributed by atoms with Crippen LogP contribution in [-0.2, 0) is 9.53 Å². The molecule has 0 bridgehead atoms. The van der Waals surface area contributed by atoms with Gasteiger partial charge in [-0.25, -0.2) is 9.18 Å². The number of para-hydroxylation sites is 2. The Kier molecular flexibility index (Phi) is 6.06. The number of ether oxygens (including phenoxy) is 2. The molecule has 7 heteroatoms. The number of benzene rings is 2. The first kappa shape index (κ1) is 19.2. The first-order valence-corrected chi connectivity index (χ1v) is 8.62. The third kappa shape index (κ3) is 4.56. The van der Waals surface area contributed by atoms with Gasteiger partial charge in [0.2, 0.25) is 5.76 Å². The summed E-state index contributed by atoms with van der Waals surface area (Å²) in [7, 11) is 0. The van der Waals surface area contributed by atoms with Gasteiger partial charge in [0, 0.05) is 0 Å². The van der Waals surface area contributed by atoms with E-state index in [-0.39, 0.29) is 17.1 Å². The molecule has 28 heavy (non-hydrogen) atoms. The van der Waals surface area contributed by atoms with Crippen LogP contribution in [-0.4, -0.2) is 25.1 Å². The van der Waals surface area contributed by atoms with E-state index in [1.165, 1.54) is 24.3 Å². The third-order valence-corrected chi connectivity index (χ3v) is 3.74. The fraction of sp³-hybridized carbons (Fsp3) is 0.143. The molecule has 1 N–H and O–H groups in total. The largest absolute Gasteiger partial charge is 0.492 e. The van der Waals surface area contributed by atoms with Crippen molar-refractivity contribution >= 4 is 17.6 Å². The van der Waals surface area contributed by atoms with Gasteiger partial charge in [0.15, 0.2) is 6.61 Å². The van der Waals surface area contributed by atoms with Crippen LogP contribution in [0.3, 0.4) is 0 Å². The van der Waals surface area contributed by atoms with Crippen LogP contribution >= 0.6 is 0 Å². The number of furan rings is 1. The zero-order valence-electron chi connectivity index (χ0n) is 15.1. The van der Waals surface area contributed by atoms with Crippen LogP contribution in [0.5, 0.6) is 5.75 Å². The molecule has 1 aromatic heterocycles. The van der Waals surface area contributed by atoms with E-state index in [4.69, 9.17) is 13.9 Å². The number of hydrogen-bond acceptors (Lipinski definition) is 5. The third-order valence-electron chi connectivity index (χ3n) is 3.74. The first-order valence-electron chi connectivity index (χ1n) is 8.62. The van der Waals surface area contributed by atoms with Gasteiger partial charge in [-0.15, -0.1) is 0 Å². The van der Waals surface area contributed by atoms with Crippen molar-refractivity contribution in [3.63, 3.8) is 0 Å². The fourth-order valence-corrected chi connectivity index (χ4v) is 2.49. The molecular weight excluding hydrogens is 365 g/mol. The Hall–Kier alpha value is -3.61. The van der Waals surface area contributed by atoms with Crippen LogP contribution in [0.2, 0.25) is 0 Å². The maximum Gasteiger partial charge on any atom is 0.374 e. The number of amides is 1. The van der Waals surface area contributed by atoms with E-state index in [9.17, 15) is 14.0 Å². The van der Waals surface area contributed by atoms with E-state index in [1.807, 2.05) is 6.92 Å². The first-order chi connectivity index (χ1) is 13.6. The average molecular weight is 383 g/mol. The average Bonchev–Trinajstić information content (AvgIpc) is 3.18. The molecular formula is C21H18FNO5. The standard InChI is InChI=1S/C21H18FNO5/c1-2-26-18-10-6-5-9-16(18)23-20(24)13-27-21(25)19-12-11-17(28-19)14-7-3-4-8-15(14)22/h3-12H,2,13H2,1H3,(H,23,24). The van der Waals surface area contributed by atoms with Crippen molar-refractivity contribution in [2.24, 2.45) is 0 Å². The molecule has 2 aromatic carbocycles. The van der Waals surface area contributed by atoms with Crippen LogP contribution in [0, 0.1) is 5.82 Å². The number of anilines is 1. The van der Waals surface area contributed by atoms with Crippen molar-refractivity contribution < 1.29 is 27.9 Å². The van der Waals surface area contributed by atoms with E-state index >= 15 is 0 Å². The molecule has 0 atom stereocenters. The minimum atomic E-state index is -0.823. The lowest BCUT2D eigenvalue weighted by Crippen LogP contribution is -2.21. The van der Waals surface area contributed by atoms with Gasteiger partial charge in [0.05, 0.1) is 17.9 Å². The zero-order chi connectivity index (χ0) is 19.9. The molecule has 1 heterocycles. The predicted molar refractivity (Wildman–Crippen MR) is 101 cm³/mol. The highest BCUT2D eigenvalue weighted by Gasteiger charge is 2.17. The van der Waals surface area contributed by atoms with Crippen molar-refractivity contribution in [2.75, 3.05) is 18.5 Å². The SMILES string of the molecule is CCOc1ccccc1NC(=O)COC(=O)c1ccc(-c2ccccc2F)o1. The summed E-state index contributed by atoms with van der Waals surface area (Å²) in [6.07, 6.45) is 0. The van der Waals surface area contributed by atoms with Gasteiger partial charge < -0.3 is 19.2 Å². The Bertz CT molecular complexity index is 982. The molecule has 0 saturated heterocycles. The van der Waals surface area contributed by atoms with Gasteiger partial charge in [-0.05, 0) is 43.3 Å². The highest BCUT2D eigenvalue weighted by molar-refractivity contribution is 5.95. The Morgan fingerprint density at radius 1 is 1.04 bits per heavy atom. The molecule has 0 spiro atoms. The summed E-state index contributed by atoms with van der Waals surface area (Å²) in [5.74, 6) is -1.23. The van der Waals surface area contributed by atoms with E-state index in [0.29, 0.717) is 18.0 Å². The molecule has 144 valence electrons. The molecule has 0 aliphatic carbocycles. The van der Waals surface area contributed by atoms with E-state index < -0.39 is 24.3 Å². The van der Waals surface area contributed by atoms with Crippen LogP contribution < -0.4 is 10.1 Å². The lowest BCUT2D eigenvalue weighted by Gasteiger charge is -2.11. The van der Waals surface area contributed by atoms with Crippen LogP contribution in [0.15, 0.2) is 65.1 Å². The lowest BCUT2D eigenvalue weighted by molar-refractivity contribution is -0.119. The summed E-state index contributed by atoms with van der Waals surface area (Å²) < 4.78 is 29.5. The second-order valence-electron chi connectivity index (χ2n) is 5.70. The number of hydrogen-bond donors (Lipinski definition) is 1. The van der Waals surface area contributed by atoms with E-state index in [0.717, 1.165) is 0 Å². The van der Waals surface area contributed by atoms with Crippen molar-refractivity contribution in [3.8, 4) is 17.1 Å². The zero-order valence-corrected chi connectivity index (χ0v) is 15.1. The normalized spacial score (nSPS) is 10.4. The number of carbonyl (C=O) groups excluding carboxylic acids is 2. The topological polar surface area (TPSA) is 77.8 Å². The van der Waals surface area contributed by atoms with Crippen molar-refractivity contribution in [1.29, 1.82) is 0 Å². The summed E-state index contributed by atoms with van der Waals surface area (Å²) >= 11 is 0. The highest BCUT2D eigenvalue weighted by atomic mass is 19.1. The Balaban J connectivity index is 1.59. The fourth-order valence-electron chi connectivity index (χ4n) is 2.49. The molecule has 3 aromatic rings. The van der Waals surface area contributed by atoms with Gasteiger partial charge in [0.25, 0.3) is 5.91 Å². The Morgan fingerprint density at radius 2 is 1.79 bits per heavy atom. The maximum absolute atomic E-state index is 13.8. The van der Waals surface area contributed by atoms with Crippen LogP contribution in [0.1, 0.15) is 17.5 Å². The van der Waals surface area contributed by atoms with Crippen LogP contribution in [0.25, 0.3) is 11.3 Å². The minimum Gasteiger partial charge on any atom is -0.492 e. The molecule has 0 aliphatic rings. The second-order valence-corrected chi connectivity index (χ2v) is 5.70. The molecule has 0 aliphatic heterocycles. The highest BCUT2D eigenvalue weighted by Crippen LogP contribution is 2.25. The summed E-state index contributed by atoms with van der Waals surface area (Å²) in [6.45, 7) is 1.78. The van der Waals surface area contributed by atoms with Crippen molar-refractivity contribution in [1.82, 2.24) is 0 Å². The molecule has 0 saturated carbocycles. The molecule has 1 amide bonds. The molecule has 0 unspecified atom stereocenters. The second kappa shape index (κ2) is 8.85. The van der Waals surface area contributed by atoms with Crippen molar-refractivity contribution in [2.45, 2.75) is 6.92 Å². The number of carbonyl (C=O) groups is 2. The Morgan fingerprint density at radius 3 is 2.57 bits per heavy atom. The summed E-state index contributed by atoms with van der Waals surface area (Å²) in [5.41, 5.74) is 0.706. The summed E-state index contributed by atoms with van der Waals surface area (Å²) in [5, 5.41) is 2.62. The van der Waals surface area contributed by atoms with E-state index in [1.54, 1.807) is 36.4 Å². The molecule has 0 fully saturated rings. The van der Waals surface area contributed by atoms with Gasteiger partial charge in [0.1, 0.15) is 17.3 Å². The van der Waals surface area contributed by atoms with E-state index in [2.05, 4.69) is 5.32 Å². The predicted octanol–water partition coefficient (Wildman–Crippen LogP) is 4.28. The molecule has 6 nitrogen and oxygen atoms in total. The lowest BCUT2D eigenvalue weighted by atomic mass is 10.1. The maximum atomic E-state index is 13.8. The minimum absolute atomic E-state index is 0.124. The quantitative estimate of drug-likeness (QED) is 0.616.